The van der Waals surface area contributed by atoms with Crippen LogP contribution in [0.1, 0.15) is 29.3 Å². The van der Waals surface area contributed by atoms with E-state index in [0.717, 1.165) is 5.69 Å². The van der Waals surface area contributed by atoms with Gasteiger partial charge in [-0.05, 0) is 38.1 Å². The van der Waals surface area contributed by atoms with Crippen molar-refractivity contribution in [3.05, 3.63) is 59.7 Å². The minimum atomic E-state index is -0.439. The van der Waals surface area contributed by atoms with Crippen LogP contribution in [0.25, 0.3) is 0 Å². The number of rotatable bonds is 7. The molecular formula is C19H22N2O3. The summed E-state index contributed by atoms with van der Waals surface area (Å²) in [4.78, 5) is 24.0. The number of carbonyl (C=O) groups is 2. The topological polar surface area (TPSA) is 67.4 Å². The van der Waals surface area contributed by atoms with Gasteiger partial charge >= 0.3 is 5.97 Å². The molecule has 0 saturated heterocycles. The molecule has 24 heavy (non-hydrogen) atoms. The summed E-state index contributed by atoms with van der Waals surface area (Å²) in [5, 5.41) is 5.96. The fraction of sp³-hybridized carbons (Fsp3) is 0.263. The van der Waals surface area contributed by atoms with E-state index in [2.05, 4.69) is 10.6 Å². The third-order valence-electron chi connectivity index (χ3n) is 3.43. The summed E-state index contributed by atoms with van der Waals surface area (Å²) in [6, 6.07) is 14.8. The molecule has 5 nitrogen and oxygen atoms in total. The van der Waals surface area contributed by atoms with Gasteiger partial charge in [0, 0.05) is 18.7 Å². The number of anilines is 2. The molecule has 0 heterocycles. The number of carbonyl (C=O) groups excluding carboxylic acids is 2. The monoisotopic (exact) mass is 326 g/mol. The molecule has 126 valence electrons. The van der Waals surface area contributed by atoms with Crippen molar-refractivity contribution in [2.24, 2.45) is 0 Å². The number of aryl methyl sites for hydroxylation is 1. The molecule has 2 aromatic carbocycles. The van der Waals surface area contributed by atoms with Gasteiger partial charge in [0.2, 0.25) is 5.91 Å². The van der Waals surface area contributed by atoms with E-state index >= 15 is 0 Å². The van der Waals surface area contributed by atoms with Gasteiger partial charge in [0.05, 0.1) is 17.9 Å². The van der Waals surface area contributed by atoms with Crippen LogP contribution in [0.5, 0.6) is 0 Å². The first kappa shape index (κ1) is 17.5. The Morgan fingerprint density at radius 3 is 2.46 bits per heavy atom. The Morgan fingerprint density at radius 1 is 1.04 bits per heavy atom. The van der Waals surface area contributed by atoms with Crippen molar-refractivity contribution in [3.8, 4) is 0 Å². The molecule has 0 fully saturated rings. The lowest BCUT2D eigenvalue weighted by Crippen LogP contribution is -2.18. The van der Waals surface area contributed by atoms with Crippen LogP contribution in [0.15, 0.2) is 48.5 Å². The minimum Gasteiger partial charge on any atom is -0.462 e. The lowest BCUT2D eigenvalue weighted by atomic mass is 10.1. The molecular weight excluding hydrogens is 304 g/mol. The average molecular weight is 326 g/mol. The Labute approximate surface area is 142 Å². The van der Waals surface area contributed by atoms with E-state index in [0.29, 0.717) is 30.8 Å². The number of benzene rings is 2. The summed E-state index contributed by atoms with van der Waals surface area (Å²) in [6.07, 6.45) is 0.297. The smallest absolute Gasteiger partial charge is 0.340 e. The maximum absolute atomic E-state index is 12.1. The SMILES string of the molecule is CCOC(=O)c1ccccc1NC(=O)CCNc1ccc(C)cc1. The minimum absolute atomic E-state index is 0.161. The van der Waals surface area contributed by atoms with Crippen molar-refractivity contribution in [1.82, 2.24) is 0 Å². The fourth-order valence-electron chi connectivity index (χ4n) is 2.18. The summed E-state index contributed by atoms with van der Waals surface area (Å²) in [5.74, 6) is -0.599. The van der Waals surface area contributed by atoms with Crippen LogP contribution in [-0.2, 0) is 9.53 Å². The number of amides is 1. The molecule has 0 aliphatic heterocycles. The average Bonchev–Trinajstić information content (AvgIpc) is 2.57. The predicted molar refractivity (Wildman–Crippen MR) is 95.3 cm³/mol. The standard InChI is InChI=1S/C19H22N2O3/c1-3-24-19(23)16-6-4-5-7-17(16)21-18(22)12-13-20-15-10-8-14(2)9-11-15/h4-11,20H,3,12-13H2,1-2H3,(H,21,22). The molecule has 2 rings (SSSR count). The van der Waals surface area contributed by atoms with Crippen LogP contribution in [0, 0.1) is 6.92 Å². The van der Waals surface area contributed by atoms with Crippen molar-refractivity contribution < 1.29 is 14.3 Å². The van der Waals surface area contributed by atoms with E-state index in [1.165, 1.54) is 5.56 Å². The van der Waals surface area contributed by atoms with Crippen molar-refractivity contribution in [3.63, 3.8) is 0 Å². The van der Waals surface area contributed by atoms with Crippen molar-refractivity contribution >= 4 is 23.3 Å². The molecule has 0 saturated carbocycles. The number of ether oxygens (including phenoxy) is 1. The highest BCUT2D eigenvalue weighted by Crippen LogP contribution is 2.16. The van der Waals surface area contributed by atoms with Gasteiger partial charge in [-0.2, -0.15) is 0 Å². The third-order valence-corrected chi connectivity index (χ3v) is 3.43. The molecule has 1 amide bonds. The Bertz CT molecular complexity index is 696. The van der Waals surface area contributed by atoms with Gasteiger partial charge < -0.3 is 15.4 Å². The van der Waals surface area contributed by atoms with Gasteiger partial charge in [0.25, 0.3) is 0 Å². The molecule has 0 atom stereocenters. The highest BCUT2D eigenvalue weighted by Gasteiger charge is 2.13. The summed E-state index contributed by atoms with van der Waals surface area (Å²) >= 11 is 0. The van der Waals surface area contributed by atoms with Gasteiger partial charge in [0.1, 0.15) is 0 Å². The summed E-state index contributed by atoms with van der Waals surface area (Å²) in [5.41, 5.74) is 2.99. The summed E-state index contributed by atoms with van der Waals surface area (Å²) < 4.78 is 5.00. The lowest BCUT2D eigenvalue weighted by molar-refractivity contribution is -0.115. The molecule has 0 bridgehead atoms. The number of nitrogens with one attached hydrogen (secondary N) is 2. The lowest BCUT2D eigenvalue weighted by Gasteiger charge is -2.11. The Kier molecular flexibility index (Phi) is 6.37. The zero-order chi connectivity index (χ0) is 17.4. The third kappa shape index (κ3) is 5.12. The van der Waals surface area contributed by atoms with E-state index in [-0.39, 0.29) is 5.91 Å². The van der Waals surface area contributed by atoms with Crippen molar-refractivity contribution in [2.75, 3.05) is 23.8 Å². The molecule has 2 aromatic rings. The normalized spacial score (nSPS) is 10.1. The fourth-order valence-corrected chi connectivity index (χ4v) is 2.18. The Morgan fingerprint density at radius 2 is 1.75 bits per heavy atom. The van der Waals surface area contributed by atoms with Gasteiger partial charge in [-0.25, -0.2) is 4.79 Å². The number of esters is 1. The van der Waals surface area contributed by atoms with Crippen LogP contribution in [-0.4, -0.2) is 25.0 Å². The van der Waals surface area contributed by atoms with E-state index < -0.39 is 5.97 Å². The van der Waals surface area contributed by atoms with Crippen LogP contribution in [0.4, 0.5) is 11.4 Å². The second-order valence-electron chi connectivity index (χ2n) is 5.36. The van der Waals surface area contributed by atoms with E-state index in [1.54, 1.807) is 31.2 Å². The van der Waals surface area contributed by atoms with Crippen LogP contribution in [0.2, 0.25) is 0 Å². The second kappa shape index (κ2) is 8.72. The number of hydrogen-bond donors (Lipinski definition) is 2. The molecule has 2 N–H and O–H groups in total. The van der Waals surface area contributed by atoms with Gasteiger partial charge in [0.15, 0.2) is 0 Å². The van der Waals surface area contributed by atoms with Crippen LogP contribution in [0.3, 0.4) is 0 Å². The highest BCUT2D eigenvalue weighted by atomic mass is 16.5. The van der Waals surface area contributed by atoms with E-state index in [4.69, 9.17) is 4.74 Å². The van der Waals surface area contributed by atoms with Gasteiger partial charge in [-0.15, -0.1) is 0 Å². The maximum atomic E-state index is 12.1. The molecule has 0 radical (unpaired) electrons. The van der Waals surface area contributed by atoms with Gasteiger partial charge in [-0.1, -0.05) is 29.8 Å². The quantitative estimate of drug-likeness (QED) is 0.763. The second-order valence-corrected chi connectivity index (χ2v) is 5.36. The zero-order valence-corrected chi connectivity index (χ0v) is 14.0. The van der Waals surface area contributed by atoms with E-state index in [1.807, 2.05) is 31.2 Å². The van der Waals surface area contributed by atoms with Crippen LogP contribution < -0.4 is 10.6 Å². The maximum Gasteiger partial charge on any atom is 0.340 e. The summed E-state index contributed by atoms with van der Waals surface area (Å²) in [7, 11) is 0. The first-order chi connectivity index (χ1) is 11.6. The summed E-state index contributed by atoms with van der Waals surface area (Å²) in [6.45, 7) is 4.58. The molecule has 5 heteroatoms. The first-order valence-electron chi connectivity index (χ1n) is 7.96. The number of hydrogen-bond acceptors (Lipinski definition) is 4. The molecule has 0 aliphatic carbocycles. The highest BCUT2D eigenvalue weighted by molar-refractivity contribution is 6.01. The molecule has 0 unspecified atom stereocenters. The number of para-hydroxylation sites is 1. The molecule has 0 aliphatic rings. The Hall–Kier alpha value is -2.82. The van der Waals surface area contributed by atoms with Crippen molar-refractivity contribution in [1.29, 1.82) is 0 Å². The predicted octanol–water partition coefficient (Wildman–Crippen LogP) is 3.61. The zero-order valence-electron chi connectivity index (χ0n) is 14.0. The Balaban J connectivity index is 1.88. The van der Waals surface area contributed by atoms with Gasteiger partial charge in [-0.3, -0.25) is 4.79 Å². The van der Waals surface area contributed by atoms with E-state index in [9.17, 15) is 9.59 Å². The van der Waals surface area contributed by atoms with Crippen molar-refractivity contribution in [2.45, 2.75) is 20.3 Å². The molecule has 0 aromatic heterocycles. The largest absolute Gasteiger partial charge is 0.462 e. The van der Waals surface area contributed by atoms with Crippen LogP contribution >= 0.6 is 0 Å². The first-order valence-corrected chi connectivity index (χ1v) is 7.96. The molecule has 0 spiro atoms.